The summed E-state index contributed by atoms with van der Waals surface area (Å²) in [5.41, 5.74) is 0. The monoisotopic (exact) mass is 309 g/mol. The van der Waals surface area contributed by atoms with E-state index in [4.69, 9.17) is 11.6 Å². The van der Waals surface area contributed by atoms with Gasteiger partial charge in [0.15, 0.2) is 6.20 Å². The lowest BCUT2D eigenvalue weighted by Crippen LogP contribution is -2.30. The lowest BCUT2D eigenvalue weighted by atomic mass is 10.4. The summed E-state index contributed by atoms with van der Waals surface area (Å²) in [5, 5.41) is 14.7. The molecule has 1 atom stereocenters. The third-order valence-corrected chi connectivity index (χ3v) is 3.78. The fourth-order valence-corrected chi connectivity index (χ4v) is 2.38. The molecule has 2 aromatic rings. The largest absolute Gasteiger partial charge is 0.618 e. The summed E-state index contributed by atoms with van der Waals surface area (Å²) in [5.74, 6) is 0.198. The number of halogens is 1. The van der Waals surface area contributed by atoms with E-state index >= 15 is 0 Å². The molecule has 7 heteroatoms. The van der Waals surface area contributed by atoms with Gasteiger partial charge in [-0.05, 0) is 36.9 Å². The number of pyridine rings is 2. The number of rotatable bonds is 4. The van der Waals surface area contributed by atoms with E-state index in [1.165, 1.54) is 24.2 Å². The van der Waals surface area contributed by atoms with Gasteiger partial charge >= 0.3 is 0 Å². The van der Waals surface area contributed by atoms with Crippen molar-refractivity contribution < 1.29 is 9.52 Å². The summed E-state index contributed by atoms with van der Waals surface area (Å²) in [6.07, 6.45) is 2.85. The highest BCUT2D eigenvalue weighted by molar-refractivity contribution is 8.00. The van der Waals surface area contributed by atoms with Crippen LogP contribution in [0.2, 0.25) is 5.02 Å². The van der Waals surface area contributed by atoms with Gasteiger partial charge < -0.3 is 10.5 Å². The first-order valence-electron chi connectivity index (χ1n) is 5.83. The molecule has 0 aliphatic carbocycles. The molecular weight excluding hydrogens is 298 g/mol. The van der Waals surface area contributed by atoms with Gasteiger partial charge in [-0.15, -0.1) is 0 Å². The standard InChI is InChI=1S/C13H12ClN3O2S/c1-9(20-12-4-2-3-7-17(12)19)13(18)16-11-6-5-10(14)8-15-11/h2-9H,1H3,(H,15,16,18)/t9-/m1/s1. The van der Waals surface area contributed by atoms with E-state index < -0.39 is 5.25 Å². The highest BCUT2D eigenvalue weighted by Crippen LogP contribution is 2.20. The molecular formula is C13H12ClN3O2S. The molecule has 104 valence electrons. The van der Waals surface area contributed by atoms with Crippen LogP contribution >= 0.6 is 23.4 Å². The molecule has 1 amide bonds. The van der Waals surface area contributed by atoms with Gasteiger partial charge in [-0.2, -0.15) is 4.73 Å². The van der Waals surface area contributed by atoms with E-state index in [-0.39, 0.29) is 5.91 Å². The van der Waals surface area contributed by atoms with Crippen LogP contribution in [0.15, 0.2) is 47.8 Å². The number of hydrogen-bond acceptors (Lipinski definition) is 4. The average Bonchev–Trinajstić information content (AvgIpc) is 2.44. The maximum absolute atomic E-state index is 12.0. The van der Waals surface area contributed by atoms with E-state index in [1.54, 1.807) is 37.3 Å². The molecule has 0 spiro atoms. The Hall–Kier alpha value is -1.79. The highest BCUT2D eigenvalue weighted by Gasteiger charge is 2.18. The van der Waals surface area contributed by atoms with Crippen LogP contribution in [-0.4, -0.2) is 16.1 Å². The first-order valence-corrected chi connectivity index (χ1v) is 7.09. The Labute approximate surface area is 125 Å². The number of amides is 1. The van der Waals surface area contributed by atoms with Crippen molar-refractivity contribution in [2.75, 3.05) is 5.32 Å². The van der Waals surface area contributed by atoms with Gasteiger partial charge in [0.2, 0.25) is 5.91 Å². The number of carbonyl (C=O) groups excluding carboxylic acids is 1. The first-order chi connectivity index (χ1) is 9.56. The first kappa shape index (κ1) is 14.6. The molecule has 20 heavy (non-hydrogen) atoms. The summed E-state index contributed by atoms with van der Waals surface area (Å²) >= 11 is 6.90. The number of carbonyl (C=O) groups is 1. The Kier molecular flexibility index (Phi) is 4.81. The molecule has 0 aromatic carbocycles. The molecule has 0 aliphatic heterocycles. The third kappa shape index (κ3) is 3.85. The number of anilines is 1. The minimum Gasteiger partial charge on any atom is -0.618 e. The van der Waals surface area contributed by atoms with Crippen molar-refractivity contribution >= 4 is 35.1 Å². The van der Waals surface area contributed by atoms with E-state index in [0.717, 1.165) is 4.73 Å². The molecule has 0 unspecified atom stereocenters. The molecule has 5 nitrogen and oxygen atoms in total. The van der Waals surface area contributed by atoms with E-state index in [0.29, 0.717) is 15.9 Å². The van der Waals surface area contributed by atoms with Crippen LogP contribution in [0.5, 0.6) is 0 Å². The summed E-state index contributed by atoms with van der Waals surface area (Å²) in [6.45, 7) is 1.73. The Morgan fingerprint density at radius 2 is 2.25 bits per heavy atom. The molecule has 0 bridgehead atoms. The van der Waals surface area contributed by atoms with Crippen molar-refractivity contribution in [3.63, 3.8) is 0 Å². The molecule has 2 heterocycles. The van der Waals surface area contributed by atoms with Gasteiger partial charge in [0, 0.05) is 18.3 Å². The van der Waals surface area contributed by atoms with Crippen molar-refractivity contribution in [2.24, 2.45) is 0 Å². The molecule has 2 rings (SSSR count). The zero-order valence-electron chi connectivity index (χ0n) is 10.6. The van der Waals surface area contributed by atoms with E-state index in [2.05, 4.69) is 10.3 Å². The zero-order valence-corrected chi connectivity index (χ0v) is 12.2. The molecule has 1 N–H and O–H groups in total. The van der Waals surface area contributed by atoms with Crippen molar-refractivity contribution in [3.8, 4) is 0 Å². The fourth-order valence-electron chi connectivity index (χ4n) is 1.42. The van der Waals surface area contributed by atoms with Gasteiger partial charge in [-0.3, -0.25) is 4.79 Å². The second-order valence-corrected chi connectivity index (χ2v) is 5.77. The number of nitrogens with one attached hydrogen (secondary N) is 1. The summed E-state index contributed by atoms with van der Waals surface area (Å²) in [7, 11) is 0. The number of thioether (sulfide) groups is 1. The predicted octanol–water partition coefficient (Wildman–Crippen LogP) is 2.49. The van der Waals surface area contributed by atoms with E-state index in [9.17, 15) is 10.0 Å². The van der Waals surface area contributed by atoms with Crippen LogP contribution in [0.3, 0.4) is 0 Å². The van der Waals surface area contributed by atoms with Gasteiger partial charge in [0.05, 0.1) is 10.3 Å². The second kappa shape index (κ2) is 6.58. The predicted molar refractivity (Wildman–Crippen MR) is 78.6 cm³/mol. The van der Waals surface area contributed by atoms with Crippen LogP contribution in [0, 0.1) is 5.21 Å². The number of aromatic nitrogens is 2. The van der Waals surface area contributed by atoms with Gasteiger partial charge in [0.25, 0.3) is 5.03 Å². The number of hydrogen-bond donors (Lipinski definition) is 1. The van der Waals surface area contributed by atoms with Crippen LogP contribution < -0.4 is 10.0 Å². The van der Waals surface area contributed by atoms with E-state index in [1.807, 2.05) is 0 Å². The summed E-state index contributed by atoms with van der Waals surface area (Å²) in [4.78, 5) is 16.0. The lowest BCUT2D eigenvalue weighted by Gasteiger charge is -2.11. The quantitative estimate of drug-likeness (QED) is 0.535. The Balaban J connectivity index is 1.99. The minimum absolute atomic E-state index is 0.228. The maximum Gasteiger partial charge on any atom is 0.252 e. The second-order valence-electron chi connectivity index (χ2n) is 3.98. The topological polar surface area (TPSA) is 68.9 Å². The summed E-state index contributed by atoms with van der Waals surface area (Å²) in [6, 6.07) is 8.32. The fraction of sp³-hybridized carbons (Fsp3) is 0.154. The summed E-state index contributed by atoms with van der Waals surface area (Å²) < 4.78 is 0.731. The minimum atomic E-state index is -0.421. The molecule has 0 radical (unpaired) electrons. The van der Waals surface area contributed by atoms with Gasteiger partial charge in [-0.1, -0.05) is 11.6 Å². The third-order valence-electron chi connectivity index (χ3n) is 2.43. The molecule has 0 saturated carbocycles. The Morgan fingerprint density at radius 1 is 1.45 bits per heavy atom. The van der Waals surface area contributed by atoms with Gasteiger partial charge in [0.1, 0.15) is 5.82 Å². The lowest BCUT2D eigenvalue weighted by molar-refractivity contribution is -0.645. The molecule has 0 saturated heterocycles. The van der Waals surface area contributed by atoms with Crippen LogP contribution in [-0.2, 0) is 4.79 Å². The van der Waals surface area contributed by atoms with Crippen LogP contribution in [0.1, 0.15) is 6.92 Å². The van der Waals surface area contributed by atoms with Crippen molar-refractivity contribution in [2.45, 2.75) is 17.2 Å². The van der Waals surface area contributed by atoms with Crippen molar-refractivity contribution in [1.82, 2.24) is 4.98 Å². The number of nitrogens with zero attached hydrogens (tertiary/aromatic N) is 2. The smallest absolute Gasteiger partial charge is 0.252 e. The average molecular weight is 310 g/mol. The Bertz CT molecular complexity index is 607. The van der Waals surface area contributed by atoms with Crippen molar-refractivity contribution in [1.29, 1.82) is 0 Å². The zero-order chi connectivity index (χ0) is 14.5. The Morgan fingerprint density at radius 3 is 2.90 bits per heavy atom. The molecule has 0 fully saturated rings. The van der Waals surface area contributed by atoms with Crippen LogP contribution in [0.25, 0.3) is 0 Å². The molecule has 2 aromatic heterocycles. The highest BCUT2D eigenvalue weighted by atomic mass is 35.5. The van der Waals surface area contributed by atoms with Crippen LogP contribution in [0.4, 0.5) is 5.82 Å². The normalized spacial score (nSPS) is 11.9. The molecule has 0 aliphatic rings. The van der Waals surface area contributed by atoms with Crippen molar-refractivity contribution in [3.05, 3.63) is 53.0 Å². The SMILES string of the molecule is C[C@@H](Sc1cccc[n+]1[O-])C(=O)Nc1ccc(Cl)cn1. The maximum atomic E-state index is 12.0. The van der Waals surface area contributed by atoms with Gasteiger partial charge in [-0.25, -0.2) is 4.98 Å².